The van der Waals surface area contributed by atoms with Crippen molar-refractivity contribution < 1.29 is 24.0 Å². The van der Waals surface area contributed by atoms with Gasteiger partial charge >= 0.3 is 0 Å². The van der Waals surface area contributed by atoms with Gasteiger partial charge in [-0.2, -0.15) is 0 Å². The zero-order valence-electron chi connectivity index (χ0n) is 14.0. The van der Waals surface area contributed by atoms with Crippen molar-refractivity contribution in [1.82, 2.24) is 4.98 Å². The molecule has 0 unspecified atom stereocenters. The molecule has 1 aliphatic rings. The highest BCUT2D eigenvalue weighted by Crippen LogP contribution is 2.43. The first-order chi connectivity index (χ1) is 13.5. The number of rotatable bonds is 5. The lowest BCUT2D eigenvalue weighted by molar-refractivity contribution is -0.384. The van der Waals surface area contributed by atoms with Crippen LogP contribution in [0.15, 0.2) is 70.0 Å². The first kappa shape index (κ1) is 17.6. The summed E-state index contributed by atoms with van der Waals surface area (Å²) >= 11 is 1.13. The second kappa shape index (κ2) is 6.74. The molecule has 10 heteroatoms. The lowest BCUT2D eigenvalue weighted by atomic mass is 9.95. The molecule has 28 heavy (non-hydrogen) atoms. The minimum absolute atomic E-state index is 0.0641. The lowest BCUT2D eigenvalue weighted by Crippen LogP contribution is -2.31. The average Bonchev–Trinajstić information content (AvgIpc) is 3.43. The first-order valence-corrected chi connectivity index (χ1v) is 8.85. The van der Waals surface area contributed by atoms with Gasteiger partial charge in [0.2, 0.25) is 5.78 Å². The number of benzene rings is 1. The smallest absolute Gasteiger partial charge is 0.296 e. The number of amides is 1. The largest absolute Gasteiger partial charge is 0.503 e. The van der Waals surface area contributed by atoms with Gasteiger partial charge in [0.15, 0.2) is 16.7 Å². The molecule has 0 bridgehead atoms. The number of Topliss-reactive ketones (excluding diaryl/α,β-unsaturated/α-hetero) is 1. The number of nitro benzene ring substituents is 1. The third-order valence-electron chi connectivity index (χ3n) is 4.22. The second-order valence-electron chi connectivity index (χ2n) is 5.81. The minimum atomic E-state index is -1.09. The number of ketones is 1. The number of furan rings is 1. The number of non-ortho nitro benzene ring substituents is 1. The fourth-order valence-corrected chi connectivity index (χ4v) is 3.70. The molecule has 2 aromatic heterocycles. The number of anilines is 1. The standard InChI is InChI=1S/C18H11N3O6S/c22-15(12-5-2-7-27-12)13-14(10-3-1-4-11(9-10)21(25)26)20(17(24)16(13)23)18-19-6-8-28-18/h1-9,14,23H/t14-/m0/s1. The molecule has 1 amide bonds. The van der Waals surface area contributed by atoms with Gasteiger partial charge in [-0.05, 0) is 17.7 Å². The maximum absolute atomic E-state index is 12.9. The van der Waals surface area contributed by atoms with Crippen LogP contribution in [0.4, 0.5) is 10.8 Å². The molecular formula is C18H11N3O6S. The van der Waals surface area contributed by atoms with Crippen LogP contribution in [0.5, 0.6) is 0 Å². The Morgan fingerprint density at radius 3 is 2.79 bits per heavy atom. The SMILES string of the molecule is O=C(C1=C(O)C(=O)N(c2nccs2)[C@H]1c1cccc([N+](=O)[O-])c1)c1ccco1. The third-order valence-corrected chi connectivity index (χ3v) is 4.99. The normalized spacial score (nSPS) is 16.6. The number of carbonyl (C=O) groups excluding carboxylic acids is 2. The van der Waals surface area contributed by atoms with Crippen LogP contribution >= 0.6 is 11.3 Å². The number of hydrogen-bond acceptors (Lipinski definition) is 8. The van der Waals surface area contributed by atoms with Crippen LogP contribution in [0.2, 0.25) is 0 Å². The number of aromatic nitrogens is 1. The average molecular weight is 397 g/mol. The predicted molar refractivity (Wildman–Crippen MR) is 98.1 cm³/mol. The van der Waals surface area contributed by atoms with Crippen molar-refractivity contribution in [3.63, 3.8) is 0 Å². The van der Waals surface area contributed by atoms with Gasteiger partial charge in [0.25, 0.3) is 11.6 Å². The molecule has 4 rings (SSSR count). The Kier molecular flexibility index (Phi) is 4.24. The van der Waals surface area contributed by atoms with Crippen molar-refractivity contribution in [1.29, 1.82) is 0 Å². The molecule has 0 aliphatic carbocycles. The van der Waals surface area contributed by atoms with Gasteiger partial charge < -0.3 is 9.52 Å². The van der Waals surface area contributed by atoms with Gasteiger partial charge in [0, 0.05) is 23.7 Å². The van der Waals surface area contributed by atoms with E-state index in [4.69, 9.17) is 4.42 Å². The van der Waals surface area contributed by atoms with Crippen molar-refractivity contribution >= 4 is 33.8 Å². The number of nitrogens with zero attached hydrogens (tertiary/aromatic N) is 3. The molecule has 0 radical (unpaired) electrons. The number of aliphatic hydroxyl groups is 1. The second-order valence-corrected chi connectivity index (χ2v) is 6.69. The predicted octanol–water partition coefficient (Wildman–Crippen LogP) is 3.43. The monoisotopic (exact) mass is 397 g/mol. The summed E-state index contributed by atoms with van der Waals surface area (Å²) in [6.45, 7) is 0. The highest BCUT2D eigenvalue weighted by molar-refractivity contribution is 7.13. The van der Waals surface area contributed by atoms with Crippen LogP contribution in [0, 0.1) is 10.1 Å². The van der Waals surface area contributed by atoms with E-state index in [0.29, 0.717) is 0 Å². The first-order valence-electron chi connectivity index (χ1n) is 7.97. The third kappa shape index (κ3) is 2.76. The quantitative estimate of drug-likeness (QED) is 0.397. The Morgan fingerprint density at radius 2 is 2.14 bits per heavy atom. The van der Waals surface area contributed by atoms with Crippen molar-refractivity contribution in [2.24, 2.45) is 0 Å². The van der Waals surface area contributed by atoms with Crippen LogP contribution in [0.25, 0.3) is 0 Å². The van der Waals surface area contributed by atoms with Crippen molar-refractivity contribution in [3.8, 4) is 0 Å². The Balaban J connectivity index is 1.90. The zero-order valence-corrected chi connectivity index (χ0v) is 14.8. The number of thiazole rings is 1. The molecule has 3 heterocycles. The Morgan fingerprint density at radius 1 is 1.32 bits per heavy atom. The molecule has 0 saturated heterocycles. The summed E-state index contributed by atoms with van der Waals surface area (Å²) in [7, 11) is 0. The fraction of sp³-hybridized carbons (Fsp3) is 0.0556. The Hall–Kier alpha value is -3.79. The van der Waals surface area contributed by atoms with Gasteiger partial charge in [-0.1, -0.05) is 12.1 Å². The van der Waals surface area contributed by atoms with Crippen molar-refractivity contribution in [2.45, 2.75) is 6.04 Å². The topological polar surface area (TPSA) is 127 Å². The van der Waals surface area contributed by atoms with E-state index in [9.17, 15) is 24.8 Å². The van der Waals surface area contributed by atoms with Crippen LogP contribution in [0.3, 0.4) is 0 Å². The number of nitro groups is 1. The molecule has 140 valence electrons. The van der Waals surface area contributed by atoms with Gasteiger partial charge in [-0.15, -0.1) is 11.3 Å². The van der Waals surface area contributed by atoms with E-state index >= 15 is 0 Å². The van der Waals surface area contributed by atoms with E-state index in [1.54, 1.807) is 11.4 Å². The van der Waals surface area contributed by atoms with Crippen LogP contribution in [-0.4, -0.2) is 26.7 Å². The molecule has 3 aromatic rings. The van der Waals surface area contributed by atoms with E-state index in [1.807, 2.05) is 0 Å². The molecule has 1 aromatic carbocycles. The van der Waals surface area contributed by atoms with Crippen LogP contribution < -0.4 is 4.90 Å². The summed E-state index contributed by atoms with van der Waals surface area (Å²) in [5.74, 6) is -2.31. The number of hydrogen-bond donors (Lipinski definition) is 1. The van der Waals surface area contributed by atoms with Gasteiger partial charge in [-0.25, -0.2) is 4.98 Å². The molecule has 1 atom stereocenters. The molecule has 0 spiro atoms. The maximum atomic E-state index is 12.9. The van der Waals surface area contributed by atoms with Crippen LogP contribution in [-0.2, 0) is 4.79 Å². The summed E-state index contributed by atoms with van der Waals surface area (Å²) in [5, 5.41) is 23.5. The van der Waals surface area contributed by atoms with Gasteiger partial charge in [-0.3, -0.25) is 24.6 Å². The molecule has 1 aliphatic heterocycles. The number of aliphatic hydroxyl groups excluding tert-OH is 1. The van der Waals surface area contributed by atoms with Crippen LogP contribution in [0.1, 0.15) is 22.2 Å². The van der Waals surface area contributed by atoms with Gasteiger partial charge in [0.1, 0.15) is 0 Å². The van der Waals surface area contributed by atoms with Crippen molar-refractivity contribution in [2.75, 3.05) is 4.90 Å². The fourth-order valence-electron chi connectivity index (χ4n) is 3.03. The Bertz CT molecular complexity index is 1100. The molecule has 0 saturated carbocycles. The summed E-state index contributed by atoms with van der Waals surface area (Å²) in [4.78, 5) is 41.5. The van der Waals surface area contributed by atoms with E-state index in [2.05, 4.69) is 4.98 Å². The van der Waals surface area contributed by atoms with Crippen molar-refractivity contribution in [3.05, 3.63) is 87.0 Å². The number of carbonyl (C=O) groups is 2. The highest BCUT2D eigenvalue weighted by atomic mass is 32.1. The molecule has 0 fully saturated rings. The van der Waals surface area contributed by atoms with Gasteiger partial charge in [0.05, 0.1) is 22.8 Å². The molecular weight excluding hydrogens is 386 g/mol. The zero-order chi connectivity index (χ0) is 19.8. The Labute approximate surface area is 161 Å². The summed E-state index contributed by atoms with van der Waals surface area (Å²) in [6, 6.07) is 7.36. The van der Waals surface area contributed by atoms with E-state index in [0.717, 1.165) is 16.2 Å². The molecule has 1 N–H and O–H groups in total. The van der Waals surface area contributed by atoms with E-state index in [1.165, 1.54) is 42.8 Å². The summed E-state index contributed by atoms with van der Waals surface area (Å²) in [5.41, 5.74) is -0.146. The van der Waals surface area contributed by atoms with E-state index < -0.39 is 28.4 Å². The van der Waals surface area contributed by atoms with E-state index in [-0.39, 0.29) is 27.7 Å². The minimum Gasteiger partial charge on any atom is -0.503 e. The highest BCUT2D eigenvalue weighted by Gasteiger charge is 2.46. The lowest BCUT2D eigenvalue weighted by Gasteiger charge is -2.24. The maximum Gasteiger partial charge on any atom is 0.296 e. The summed E-state index contributed by atoms with van der Waals surface area (Å²) in [6.07, 6.45) is 2.77. The molecule has 9 nitrogen and oxygen atoms in total. The summed E-state index contributed by atoms with van der Waals surface area (Å²) < 4.78 is 5.12.